The fourth-order valence-corrected chi connectivity index (χ4v) is 6.74. The van der Waals surface area contributed by atoms with Crippen molar-refractivity contribution >= 4 is 0 Å². The third-order valence-electron chi connectivity index (χ3n) is 9.82. The predicted molar refractivity (Wildman–Crippen MR) is 209 cm³/mol. The number of nitrogens with zero attached hydrogens (tertiary/aromatic N) is 1. The molecule has 1 N–H and O–H groups in total. The minimum atomic E-state index is -1.10. The van der Waals surface area contributed by atoms with E-state index in [1.807, 2.05) is 121 Å². The van der Waals surface area contributed by atoms with E-state index in [9.17, 15) is 4.39 Å². The molecule has 5 atom stereocenters. The summed E-state index contributed by atoms with van der Waals surface area (Å²) in [6.45, 7) is 3.00. The van der Waals surface area contributed by atoms with E-state index in [2.05, 4.69) is 10.2 Å². The van der Waals surface area contributed by atoms with Gasteiger partial charge in [-0.2, -0.15) is 4.39 Å². The van der Waals surface area contributed by atoms with Gasteiger partial charge in [-0.25, -0.2) is 4.39 Å². The van der Waals surface area contributed by atoms with Crippen LogP contribution in [-0.4, -0.2) is 54.6 Å². The van der Waals surface area contributed by atoms with E-state index >= 15 is 4.39 Å². The van der Waals surface area contributed by atoms with Crippen molar-refractivity contribution in [3.05, 3.63) is 184 Å². The summed E-state index contributed by atoms with van der Waals surface area (Å²) in [5, 5.41) is 7.41. The number of rotatable bonds is 18. The van der Waals surface area contributed by atoms with Crippen molar-refractivity contribution < 1.29 is 41.9 Å². The van der Waals surface area contributed by atoms with Gasteiger partial charge in [0.25, 0.3) is 0 Å². The molecule has 0 bridgehead atoms. The topological polar surface area (TPSA) is 93.3 Å². The van der Waals surface area contributed by atoms with Crippen molar-refractivity contribution in [1.82, 2.24) is 10.2 Å². The molecular formula is C46H46F2N2O7. The van der Waals surface area contributed by atoms with Gasteiger partial charge >= 0.3 is 0 Å². The van der Waals surface area contributed by atoms with Crippen molar-refractivity contribution in [2.45, 2.75) is 70.5 Å². The summed E-state index contributed by atoms with van der Waals surface area (Å²) < 4.78 is 75.1. The minimum absolute atomic E-state index is 0.0208. The Labute approximate surface area is 331 Å². The Bertz CT molecular complexity index is 2120. The number of hydrogen-bond acceptors (Lipinski definition) is 8. The average Bonchev–Trinajstić information content (AvgIpc) is 3.59. The largest absolute Gasteiger partial charge is 0.494 e. The molecule has 0 unspecified atom stereocenters. The average molecular weight is 777 g/mol. The summed E-state index contributed by atoms with van der Waals surface area (Å²) in [6.07, 6.45) is -4.10. The number of halogens is 2. The van der Waals surface area contributed by atoms with Gasteiger partial charge < -0.3 is 33.2 Å². The predicted octanol–water partition coefficient (Wildman–Crippen LogP) is 8.67. The van der Waals surface area contributed by atoms with E-state index in [0.717, 1.165) is 22.3 Å². The number of aryl methyl sites for hydroxylation is 1. The highest BCUT2D eigenvalue weighted by Crippen LogP contribution is 2.34. The highest BCUT2D eigenvalue weighted by molar-refractivity contribution is 5.39. The summed E-state index contributed by atoms with van der Waals surface area (Å²) in [6, 6.07) is 42.3. The van der Waals surface area contributed by atoms with Crippen LogP contribution in [-0.2, 0) is 56.5 Å². The summed E-state index contributed by atoms with van der Waals surface area (Å²) >= 11 is 0. The van der Waals surface area contributed by atoms with Gasteiger partial charge in [0.1, 0.15) is 24.4 Å². The Morgan fingerprint density at radius 1 is 0.614 bits per heavy atom. The second kappa shape index (κ2) is 19.6. The molecule has 1 fully saturated rings. The van der Waals surface area contributed by atoms with Gasteiger partial charge in [-0.1, -0.05) is 127 Å². The highest BCUT2D eigenvalue weighted by Gasteiger charge is 2.50. The van der Waals surface area contributed by atoms with Crippen LogP contribution in [0.1, 0.15) is 39.1 Å². The van der Waals surface area contributed by atoms with Gasteiger partial charge in [-0.3, -0.25) is 5.10 Å². The SMILES string of the molecule is COc1ccc(Cc2c(O[C@@H]3O[C@H](COCc4ccccc4)[C@@H](OCc4ccccc4)[C@H](OCc4ccccc4)[C@H]3OCc3ccccc3)n[nH]c2C)c(F)c1F. The second-order valence-corrected chi connectivity index (χ2v) is 13.8. The molecule has 0 amide bonds. The highest BCUT2D eigenvalue weighted by atomic mass is 19.2. The molecular weight excluding hydrogens is 731 g/mol. The van der Waals surface area contributed by atoms with Crippen LogP contribution in [0.5, 0.6) is 11.6 Å². The smallest absolute Gasteiger partial charge is 0.238 e. The van der Waals surface area contributed by atoms with Crippen LogP contribution in [0.4, 0.5) is 8.78 Å². The molecule has 7 rings (SSSR count). The first-order chi connectivity index (χ1) is 28.0. The monoisotopic (exact) mass is 776 g/mol. The standard InChI is InChI=1S/C46H46F2N2O7/c1-31-37(25-36-23-24-38(51-2)41(48)40(36)47)45(50-49-31)57-46-44(55-29-35-21-13-6-14-22-35)43(54-28-34-19-11-5-12-20-34)42(53-27-33-17-9-4-10-18-33)39(56-46)30-52-26-32-15-7-3-8-16-32/h3-24,39,42-44,46H,25-30H2,1-2H3,(H,49,50)/t39-,42-,43+,44-,46+/m1/s1. The number of ether oxygens (including phenoxy) is 7. The first kappa shape index (κ1) is 39.8. The summed E-state index contributed by atoms with van der Waals surface area (Å²) in [5.41, 5.74) is 5.11. The summed E-state index contributed by atoms with van der Waals surface area (Å²) in [5.74, 6) is -2.11. The van der Waals surface area contributed by atoms with Crippen LogP contribution in [0.25, 0.3) is 0 Å². The van der Waals surface area contributed by atoms with Crippen molar-refractivity contribution in [2.24, 2.45) is 0 Å². The molecule has 9 nitrogen and oxygen atoms in total. The number of H-pyrrole nitrogens is 1. The quantitative estimate of drug-likeness (QED) is 0.0928. The molecule has 5 aromatic carbocycles. The lowest BCUT2D eigenvalue weighted by atomic mass is 9.97. The molecule has 57 heavy (non-hydrogen) atoms. The van der Waals surface area contributed by atoms with E-state index in [-0.39, 0.29) is 50.0 Å². The van der Waals surface area contributed by atoms with Gasteiger partial charge in [0.05, 0.1) is 40.1 Å². The Kier molecular flexibility index (Phi) is 13.7. The van der Waals surface area contributed by atoms with Gasteiger partial charge in [0, 0.05) is 17.7 Å². The maximum Gasteiger partial charge on any atom is 0.238 e. The molecule has 1 aromatic heterocycles. The van der Waals surface area contributed by atoms with Crippen LogP contribution in [0.2, 0.25) is 0 Å². The molecule has 6 aromatic rings. The molecule has 0 saturated carbocycles. The molecule has 1 aliphatic heterocycles. The number of aromatic nitrogens is 2. The molecule has 2 heterocycles. The van der Waals surface area contributed by atoms with Crippen LogP contribution >= 0.6 is 0 Å². The van der Waals surface area contributed by atoms with Crippen LogP contribution in [0.3, 0.4) is 0 Å². The molecule has 1 saturated heterocycles. The van der Waals surface area contributed by atoms with Crippen molar-refractivity contribution in [2.75, 3.05) is 13.7 Å². The molecule has 1 aliphatic rings. The van der Waals surface area contributed by atoms with E-state index in [0.29, 0.717) is 17.9 Å². The van der Waals surface area contributed by atoms with Gasteiger partial charge in [-0.05, 0) is 40.8 Å². The van der Waals surface area contributed by atoms with Gasteiger partial charge in [0.15, 0.2) is 11.6 Å². The summed E-state index contributed by atoms with van der Waals surface area (Å²) in [7, 11) is 1.29. The first-order valence-corrected chi connectivity index (χ1v) is 18.9. The Morgan fingerprint density at radius 2 is 1.12 bits per heavy atom. The maximum absolute atomic E-state index is 15.3. The van der Waals surface area contributed by atoms with E-state index in [1.165, 1.54) is 19.2 Å². The third-order valence-corrected chi connectivity index (χ3v) is 9.82. The van der Waals surface area contributed by atoms with Crippen molar-refractivity contribution in [3.63, 3.8) is 0 Å². The number of benzene rings is 5. The number of aromatic amines is 1. The Hall–Kier alpha value is -5.43. The van der Waals surface area contributed by atoms with Crippen LogP contribution in [0, 0.1) is 18.6 Å². The van der Waals surface area contributed by atoms with Crippen LogP contribution in [0.15, 0.2) is 133 Å². The van der Waals surface area contributed by atoms with Crippen molar-refractivity contribution in [1.29, 1.82) is 0 Å². The molecule has 11 heteroatoms. The molecule has 0 aliphatic carbocycles. The van der Waals surface area contributed by atoms with E-state index < -0.39 is 42.3 Å². The fourth-order valence-electron chi connectivity index (χ4n) is 6.74. The maximum atomic E-state index is 15.3. The lowest BCUT2D eigenvalue weighted by Gasteiger charge is -2.45. The molecule has 296 valence electrons. The zero-order valence-electron chi connectivity index (χ0n) is 31.9. The van der Waals surface area contributed by atoms with Gasteiger partial charge in [-0.15, -0.1) is 5.10 Å². The fraction of sp³-hybridized carbons (Fsp3) is 0.283. The molecule has 0 radical (unpaired) electrons. The first-order valence-electron chi connectivity index (χ1n) is 18.9. The zero-order valence-corrected chi connectivity index (χ0v) is 31.9. The zero-order chi connectivity index (χ0) is 39.4. The summed E-state index contributed by atoms with van der Waals surface area (Å²) in [4.78, 5) is 0. The lowest BCUT2D eigenvalue weighted by Crippen LogP contribution is -2.62. The minimum Gasteiger partial charge on any atom is -0.494 e. The number of methoxy groups -OCH3 is 1. The number of nitrogens with one attached hydrogen (secondary N) is 1. The van der Waals surface area contributed by atoms with E-state index in [4.69, 9.17) is 33.2 Å². The third kappa shape index (κ3) is 10.3. The second-order valence-electron chi connectivity index (χ2n) is 13.8. The Balaban J connectivity index is 1.24. The normalized spacial score (nSPS) is 19.3. The van der Waals surface area contributed by atoms with Crippen LogP contribution < -0.4 is 9.47 Å². The van der Waals surface area contributed by atoms with E-state index in [1.54, 1.807) is 6.92 Å². The molecule has 0 spiro atoms. The van der Waals surface area contributed by atoms with Gasteiger partial charge in [0.2, 0.25) is 18.0 Å². The lowest BCUT2D eigenvalue weighted by molar-refractivity contribution is -0.310. The van der Waals surface area contributed by atoms with Crippen molar-refractivity contribution in [3.8, 4) is 11.6 Å². The Morgan fingerprint density at radius 3 is 1.67 bits per heavy atom. The number of hydrogen-bond donors (Lipinski definition) is 1.